The minimum atomic E-state index is -4.96. The van der Waals surface area contributed by atoms with Crippen LogP contribution in [0.3, 0.4) is 0 Å². The Morgan fingerprint density at radius 3 is 0.673 bits per heavy atom. The molecule has 0 saturated carbocycles. The van der Waals surface area contributed by atoms with Crippen molar-refractivity contribution in [1.29, 1.82) is 0 Å². The fraction of sp³-hybridized carbons (Fsp3) is 0.951. The second kappa shape index (κ2) is 74.9. The molecule has 0 bridgehead atoms. The third-order valence-corrected chi connectivity index (χ3v) is 21.2. The van der Waals surface area contributed by atoms with Gasteiger partial charge in [0.15, 0.2) is 12.2 Å². The largest absolute Gasteiger partial charge is 0.472 e. The molecule has 0 saturated heterocycles. The molecular weight excluding hydrogens is 1320 g/mol. The highest BCUT2D eigenvalue weighted by atomic mass is 31.2. The Morgan fingerprint density at radius 2 is 0.455 bits per heavy atom. The van der Waals surface area contributed by atoms with Crippen LogP contribution in [-0.4, -0.2) is 96.7 Å². The van der Waals surface area contributed by atoms with E-state index in [1.165, 1.54) is 263 Å². The van der Waals surface area contributed by atoms with Gasteiger partial charge in [0.05, 0.1) is 26.4 Å². The van der Waals surface area contributed by atoms with Crippen LogP contribution in [0.15, 0.2) is 0 Å². The maximum Gasteiger partial charge on any atom is 0.472 e. The molecular formula is C82H160O17P2. The zero-order valence-corrected chi connectivity index (χ0v) is 67.8. The van der Waals surface area contributed by atoms with Gasteiger partial charge in [0.1, 0.15) is 19.3 Å². The lowest BCUT2D eigenvalue weighted by Crippen LogP contribution is -2.30. The number of aliphatic hydroxyl groups excluding tert-OH is 1. The third kappa shape index (κ3) is 76.1. The molecule has 2 unspecified atom stereocenters. The molecule has 0 fully saturated rings. The highest BCUT2D eigenvalue weighted by Gasteiger charge is 2.30. The number of aliphatic hydroxyl groups is 1. The minimum absolute atomic E-state index is 0.107. The highest BCUT2D eigenvalue weighted by Crippen LogP contribution is 2.45. The highest BCUT2D eigenvalue weighted by molar-refractivity contribution is 7.47. The van der Waals surface area contributed by atoms with Crippen molar-refractivity contribution in [3.63, 3.8) is 0 Å². The van der Waals surface area contributed by atoms with E-state index in [4.69, 9.17) is 37.0 Å². The van der Waals surface area contributed by atoms with Gasteiger partial charge in [-0.1, -0.05) is 388 Å². The Kier molecular flexibility index (Phi) is 73.5. The van der Waals surface area contributed by atoms with Crippen LogP contribution < -0.4 is 0 Å². The van der Waals surface area contributed by atoms with Gasteiger partial charge >= 0.3 is 39.5 Å². The molecule has 101 heavy (non-hydrogen) atoms. The average Bonchev–Trinajstić information content (AvgIpc) is 0.939. The van der Waals surface area contributed by atoms with Gasteiger partial charge in [-0.3, -0.25) is 37.3 Å². The van der Waals surface area contributed by atoms with Crippen molar-refractivity contribution in [3.8, 4) is 0 Å². The second-order valence-electron chi connectivity index (χ2n) is 30.0. The first-order valence-electron chi connectivity index (χ1n) is 42.6. The lowest BCUT2D eigenvalue weighted by Gasteiger charge is -2.21. The molecule has 0 aliphatic carbocycles. The Balaban J connectivity index is 5.23. The Morgan fingerprint density at radius 1 is 0.267 bits per heavy atom. The van der Waals surface area contributed by atoms with Crippen molar-refractivity contribution in [2.75, 3.05) is 39.6 Å². The molecule has 0 amide bonds. The monoisotopic (exact) mass is 1480 g/mol. The van der Waals surface area contributed by atoms with E-state index < -0.39 is 97.5 Å². The number of hydrogen-bond acceptors (Lipinski definition) is 15. The number of hydrogen-bond donors (Lipinski definition) is 3. The number of unbranched alkanes of at least 4 members (excludes halogenated alkanes) is 54. The normalized spacial score (nSPS) is 13.8. The van der Waals surface area contributed by atoms with Gasteiger partial charge in [-0.15, -0.1) is 0 Å². The van der Waals surface area contributed by atoms with Crippen LogP contribution in [0, 0.1) is 5.92 Å². The molecule has 0 aromatic carbocycles. The fourth-order valence-electron chi connectivity index (χ4n) is 12.8. The van der Waals surface area contributed by atoms with E-state index in [1.807, 2.05) is 0 Å². The number of ether oxygens (including phenoxy) is 4. The average molecular weight is 1480 g/mol. The van der Waals surface area contributed by atoms with Gasteiger partial charge in [0, 0.05) is 25.7 Å². The van der Waals surface area contributed by atoms with Crippen molar-refractivity contribution in [2.24, 2.45) is 5.92 Å². The second-order valence-corrected chi connectivity index (χ2v) is 32.9. The van der Waals surface area contributed by atoms with Crippen molar-refractivity contribution in [2.45, 2.75) is 457 Å². The van der Waals surface area contributed by atoms with E-state index >= 15 is 0 Å². The van der Waals surface area contributed by atoms with Crippen LogP contribution in [0.25, 0.3) is 0 Å². The van der Waals surface area contributed by atoms with Gasteiger partial charge in [-0.2, -0.15) is 0 Å². The van der Waals surface area contributed by atoms with Gasteiger partial charge in [-0.25, -0.2) is 9.13 Å². The summed E-state index contributed by atoms with van der Waals surface area (Å²) in [5, 5.41) is 10.6. The van der Waals surface area contributed by atoms with Crippen molar-refractivity contribution in [1.82, 2.24) is 0 Å². The first-order valence-corrected chi connectivity index (χ1v) is 45.6. The van der Waals surface area contributed by atoms with Gasteiger partial charge in [0.2, 0.25) is 0 Å². The minimum Gasteiger partial charge on any atom is -0.462 e. The molecule has 0 aliphatic heterocycles. The van der Waals surface area contributed by atoms with E-state index in [-0.39, 0.29) is 25.7 Å². The maximum absolute atomic E-state index is 13.1. The summed E-state index contributed by atoms with van der Waals surface area (Å²) in [6, 6.07) is 0. The summed E-state index contributed by atoms with van der Waals surface area (Å²) in [4.78, 5) is 73.0. The Labute approximate surface area is 619 Å². The predicted octanol–water partition coefficient (Wildman–Crippen LogP) is 24.8. The molecule has 5 atom stereocenters. The van der Waals surface area contributed by atoms with Gasteiger partial charge in [0.25, 0.3) is 0 Å². The molecule has 17 nitrogen and oxygen atoms in total. The summed E-state index contributed by atoms with van der Waals surface area (Å²) < 4.78 is 68.8. The summed E-state index contributed by atoms with van der Waals surface area (Å²) >= 11 is 0. The van der Waals surface area contributed by atoms with Crippen LogP contribution >= 0.6 is 15.6 Å². The van der Waals surface area contributed by atoms with Crippen LogP contribution in [0.4, 0.5) is 0 Å². The van der Waals surface area contributed by atoms with Crippen LogP contribution in [0.2, 0.25) is 0 Å². The third-order valence-electron chi connectivity index (χ3n) is 19.3. The summed E-state index contributed by atoms with van der Waals surface area (Å²) in [6.07, 6.45) is 66.6. The number of phosphoric ester groups is 2. The smallest absolute Gasteiger partial charge is 0.462 e. The first-order chi connectivity index (χ1) is 49.0. The van der Waals surface area contributed by atoms with Crippen molar-refractivity contribution < 1.29 is 80.2 Å². The lowest BCUT2D eigenvalue weighted by molar-refractivity contribution is -0.161. The summed E-state index contributed by atoms with van der Waals surface area (Å²) in [6.45, 7) is 7.34. The molecule has 0 aromatic heterocycles. The molecule has 0 rings (SSSR count). The molecule has 0 spiro atoms. The zero-order chi connectivity index (χ0) is 74.1. The molecule has 0 aliphatic rings. The molecule has 0 radical (unpaired) electrons. The van der Waals surface area contributed by atoms with E-state index in [2.05, 4.69) is 34.6 Å². The number of carbonyl (C=O) groups excluding carboxylic acids is 4. The summed E-state index contributed by atoms with van der Waals surface area (Å²) in [7, 11) is -9.92. The number of esters is 4. The summed E-state index contributed by atoms with van der Waals surface area (Å²) in [5.74, 6) is -1.33. The van der Waals surface area contributed by atoms with E-state index in [1.54, 1.807) is 0 Å². The maximum atomic E-state index is 13.1. The fourth-order valence-corrected chi connectivity index (χ4v) is 14.3. The van der Waals surface area contributed by atoms with Crippen molar-refractivity contribution in [3.05, 3.63) is 0 Å². The Hall–Kier alpha value is -1.94. The standard InChI is InChI=1S/C82H160O17P2/c1-6-9-12-15-18-21-24-26-28-30-31-32-33-35-37-42-47-52-57-62-67-81(86)99-78(72-93-80(85)66-61-56-51-46-41-36-34-29-27-25-22-19-16-13-10-7-2)74-97-101(90,91)95-70-76(83)69-94-100(88,89)96-73-77(71-92-79(84)65-60-55-50-45-23-20-17-14-11-8-3)98-82(87)68-63-58-53-48-43-39-38-40-44-49-54-59-64-75(4)5/h75-78,83H,6-74H2,1-5H3,(H,88,89)(H,90,91)/t76-,77+,78+/m0/s1. The summed E-state index contributed by atoms with van der Waals surface area (Å²) in [5.41, 5.74) is 0. The molecule has 19 heteroatoms. The molecule has 0 heterocycles. The van der Waals surface area contributed by atoms with Crippen LogP contribution in [0.1, 0.15) is 439 Å². The quantitative estimate of drug-likeness (QED) is 0.0222. The topological polar surface area (TPSA) is 237 Å². The predicted molar refractivity (Wildman–Crippen MR) is 414 cm³/mol. The van der Waals surface area contributed by atoms with Crippen molar-refractivity contribution >= 4 is 39.5 Å². The zero-order valence-electron chi connectivity index (χ0n) is 66.1. The molecule has 3 N–H and O–H groups in total. The number of rotatable bonds is 82. The van der Waals surface area contributed by atoms with Crippen LogP contribution in [0.5, 0.6) is 0 Å². The molecule has 0 aromatic rings. The van der Waals surface area contributed by atoms with Gasteiger partial charge in [-0.05, 0) is 31.6 Å². The Bertz CT molecular complexity index is 1930. The van der Waals surface area contributed by atoms with E-state index in [0.29, 0.717) is 25.7 Å². The number of carbonyl (C=O) groups is 4. The van der Waals surface area contributed by atoms with E-state index in [0.717, 1.165) is 95.8 Å². The number of phosphoric acid groups is 2. The lowest BCUT2D eigenvalue weighted by atomic mass is 10.0. The van der Waals surface area contributed by atoms with E-state index in [9.17, 15) is 43.2 Å². The van der Waals surface area contributed by atoms with Crippen LogP contribution in [-0.2, 0) is 65.4 Å². The first kappa shape index (κ1) is 99.1. The molecule has 600 valence electrons. The van der Waals surface area contributed by atoms with Gasteiger partial charge < -0.3 is 33.8 Å². The SMILES string of the molecule is CCCCCCCCCCCCCCCCCCCCCCC(=O)O[C@H](COC(=O)CCCCCCCCCCCCCCCCCC)COP(=O)(O)OC[C@@H](O)COP(=O)(O)OC[C@@H](COC(=O)CCCCCCCCCCCC)OC(=O)CCCCCCCCCCCCCCC(C)C.